The minimum atomic E-state index is 0.633. The van der Waals surface area contributed by atoms with E-state index in [-0.39, 0.29) is 0 Å². The van der Waals surface area contributed by atoms with Crippen molar-refractivity contribution >= 4 is 17.6 Å². The van der Waals surface area contributed by atoms with Crippen molar-refractivity contribution in [3.05, 3.63) is 59.7 Å². The fourth-order valence-corrected chi connectivity index (χ4v) is 4.09. The molecule has 0 unspecified atom stereocenters. The van der Waals surface area contributed by atoms with Crippen LogP contribution in [0.2, 0.25) is 0 Å². The molecular formula is C21H20N4S. The molecule has 4 rings (SSSR count). The second-order valence-corrected chi connectivity index (χ2v) is 7.15. The van der Waals surface area contributed by atoms with Gasteiger partial charge in [-0.15, -0.1) is 11.8 Å². The van der Waals surface area contributed by atoms with Crippen LogP contribution in [-0.2, 0) is 6.42 Å². The van der Waals surface area contributed by atoms with Crippen molar-refractivity contribution in [2.75, 3.05) is 18.1 Å². The normalized spacial score (nSPS) is 13.4. The number of hydrogen-bond acceptors (Lipinski definition) is 4. The van der Waals surface area contributed by atoms with E-state index in [9.17, 15) is 5.26 Å². The Labute approximate surface area is 157 Å². The molecule has 3 aromatic rings. The second kappa shape index (κ2) is 7.27. The van der Waals surface area contributed by atoms with Crippen molar-refractivity contribution < 1.29 is 0 Å². The molecule has 2 aromatic carbocycles. The highest BCUT2D eigenvalue weighted by molar-refractivity contribution is 7.98. The van der Waals surface area contributed by atoms with Gasteiger partial charge in [-0.1, -0.05) is 30.3 Å². The van der Waals surface area contributed by atoms with E-state index in [0.717, 1.165) is 48.6 Å². The molecule has 4 nitrogen and oxygen atoms in total. The molecule has 1 aromatic heterocycles. The third kappa shape index (κ3) is 2.87. The fraction of sp³-hybridized carbons (Fsp3) is 0.238. The number of rotatable bonds is 3. The van der Waals surface area contributed by atoms with Gasteiger partial charge in [-0.3, -0.25) is 0 Å². The van der Waals surface area contributed by atoms with Crippen LogP contribution in [0.3, 0.4) is 0 Å². The number of nitrogens with zero attached hydrogens (tertiary/aromatic N) is 3. The molecule has 1 aliphatic heterocycles. The summed E-state index contributed by atoms with van der Waals surface area (Å²) in [6.45, 7) is 0.928. The summed E-state index contributed by atoms with van der Waals surface area (Å²) in [6.07, 6.45) is 5.37. The number of fused-ring (bicyclic) bond motifs is 1. The second-order valence-electron chi connectivity index (χ2n) is 6.30. The van der Waals surface area contributed by atoms with Gasteiger partial charge in [0, 0.05) is 22.6 Å². The molecule has 2 heterocycles. The summed E-state index contributed by atoms with van der Waals surface area (Å²) in [5.41, 5.74) is 4.89. The van der Waals surface area contributed by atoms with Crippen molar-refractivity contribution in [3.8, 4) is 23.0 Å². The van der Waals surface area contributed by atoms with Gasteiger partial charge in [-0.25, -0.2) is 4.68 Å². The smallest absolute Gasteiger partial charge is 0.133 e. The summed E-state index contributed by atoms with van der Waals surface area (Å²) in [5.74, 6) is 1.02. The molecule has 0 bridgehead atoms. The van der Waals surface area contributed by atoms with Gasteiger partial charge >= 0.3 is 0 Å². The molecule has 0 saturated carbocycles. The van der Waals surface area contributed by atoms with E-state index in [1.165, 1.54) is 10.5 Å². The monoisotopic (exact) mass is 360 g/mol. The zero-order valence-corrected chi connectivity index (χ0v) is 15.5. The number of hydrogen-bond donors (Lipinski definition) is 1. The van der Waals surface area contributed by atoms with Gasteiger partial charge in [-0.2, -0.15) is 10.4 Å². The van der Waals surface area contributed by atoms with Gasteiger partial charge in [0.2, 0.25) is 0 Å². The van der Waals surface area contributed by atoms with Crippen molar-refractivity contribution in [2.45, 2.75) is 24.2 Å². The van der Waals surface area contributed by atoms with Crippen molar-refractivity contribution in [2.24, 2.45) is 0 Å². The molecule has 5 heteroatoms. The number of aromatic nitrogens is 2. The average molecular weight is 360 g/mol. The van der Waals surface area contributed by atoms with E-state index >= 15 is 0 Å². The van der Waals surface area contributed by atoms with Gasteiger partial charge in [0.15, 0.2) is 0 Å². The summed E-state index contributed by atoms with van der Waals surface area (Å²) in [6, 6.07) is 18.3. The molecule has 0 amide bonds. The lowest BCUT2D eigenvalue weighted by atomic mass is 10.0. The third-order valence-electron chi connectivity index (χ3n) is 4.74. The van der Waals surface area contributed by atoms with Crippen LogP contribution in [0.25, 0.3) is 16.9 Å². The first kappa shape index (κ1) is 16.7. The van der Waals surface area contributed by atoms with E-state index in [1.807, 2.05) is 28.9 Å². The predicted molar refractivity (Wildman–Crippen MR) is 107 cm³/mol. The van der Waals surface area contributed by atoms with Crippen molar-refractivity contribution in [1.29, 1.82) is 5.26 Å². The topological polar surface area (TPSA) is 53.6 Å². The predicted octanol–water partition coefficient (Wildman–Crippen LogP) is 4.88. The van der Waals surface area contributed by atoms with Gasteiger partial charge < -0.3 is 5.32 Å². The maximum absolute atomic E-state index is 9.53. The zero-order chi connectivity index (χ0) is 17.9. The minimum absolute atomic E-state index is 0.633. The Morgan fingerprint density at radius 3 is 2.77 bits per heavy atom. The summed E-state index contributed by atoms with van der Waals surface area (Å²) < 4.78 is 1.92. The Balaban J connectivity index is 1.97. The summed E-state index contributed by atoms with van der Waals surface area (Å²) in [4.78, 5) is 1.22. The standard InChI is InChI=1S/C21H20N4S/c1-26-19-12-5-3-9-16(19)20-17-10-6-7-13-23-21(17)25(24-20)18-11-4-2-8-15(18)14-22/h2-5,8-9,11-12,23H,6-7,10,13H2,1H3. The maximum atomic E-state index is 9.53. The Morgan fingerprint density at radius 1 is 1.12 bits per heavy atom. The van der Waals surface area contributed by atoms with E-state index in [4.69, 9.17) is 5.10 Å². The van der Waals surface area contributed by atoms with Crippen LogP contribution in [-0.4, -0.2) is 22.6 Å². The lowest BCUT2D eigenvalue weighted by Gasteiger charge is -2.10. The molecule has 0 spiro atoms. The van der Waals surface area contributed by atoms with Gasteiger partial charge in [0.05, 0.1) is 16.9 Å². The Morgan fingerprint density at radius 2 is 1.92 bits per heavy atom. The largest absolute Gasteiger partial charge is 0.370 e. The number of para-hydroxylation sites is 1. The van der Waals surface area contributed by atoms with E-state index < -0.39 is 0 Å². The van der Waals surface area contributed by atoms with Gasteiger partial charge in [0.25, 0.3) is 0 Å². The quantitative estimate of drug-likeness (QED) is 0.676. The summed E-state index contributed by atoms with van der Waals surface area (Å²) in [5, 5.41) is 18.1. The molecule has 0 saturated heterocycles. The Bertz CT molecular complexity index is 984. The van der Waals surface area contributed by atoms with Crippen LogP contribution in [0, 0.1) is 11.3 Å². The highest BCUT2D eigenvalue weighted by atomic mass is 32.2. The molecule has 130 valence electrons. The molecule has 1 aliphatic rings. The molecule has 0 radical (unpaired) electrons. The third-order valence-corrected chi connectivity index (χ3v) is 5.54. The lowest BCUT2D eigenvalue weighted by molar-refractivity contribution is 0.779. The SMILES string of the molecule is CSc1ccccc1-c1nn(-c2ccccc2C#N)c2c1CCCCN2. The van der Waals surface area contributed by atoms with E-state index in [0.29, 0.717) is 5.56 Å². The highest BCUT2D eigenvalue weighted by Crippen LogP contribution is 2.38. The van der Waals surface area contributed by atoms with Crippen LogP contribution in [0.15, 0.2) is 53.4 Å². The minimum Gasteiger partial charge on any atom is -0.370 e. The van der Waals surface area contributed by atoms with Crippen molar-refractivity contribution in [3.63, 3.8) is 0 Å². The van der Waals surface area contributed by atoms with Crippen LogP contribution in [0.5, 0.6) is 0 Å². The molecule has 0 atom stereocenters. The number of nitriles is 1. The molecule has 26 heavy (non-hydrogen) atoms. The van der Waals surface area contributed by atoms with E-state index in [1.54, 1.807) is 11.8 Å². The first-order valence-electron chi connectivity index (χ1n) is 8.82. The van der Waals surface area contributed by atoms with Crippen LogP contribution in [0.1, 0.15) is 24.0 Å². The van der Waals surface area contributed by atoms with Gasteiger partial charge in [-0.05, 0) is 43.7 Å². The summed E-state index contributed by atoms with van der Waals surface area (Å²) >= 11 is 1.74. The molecule has 0 aliphatic carbocycles. The number of benzene rings is 2. The first-order chi connectivity index (χ1) is 12.8. The molecular weight excluding hydrogens is 340 g/mol. The average Bonchev–Trinajstić information content (AvgIpc) is 2.88. The van der Waals surface area contributed by atoms with E-state index in [2.05, 4.69) is 41.9 Å². The number of nitrogens with one attached hydrogen (secondary N) is 1. The van der Waals surface area contributed by atoms with Crippen molar-refractivity contribution in [1.82, 2.24) is 9.78 Å². The zero-order valence-electron chi connectivity index (χ0n) is 14.7. The van der Waals surface area contributed by atoms with Gasteiger partial charge in [0.1, 0.15) is 11.9 Å². The Hall–Kier alpha value is -2.71. The molecule has 1 N–H and O–H groups in total. The number of anilines is 1. The summed E-state index contributed by atoms with van der Waals surface area (Å²) in [7, 11) is 0. The van der Waals surface area contributed by atoms with Crippen LogP contribution in [0.4, 0.5) is 5.82 Å². The van der Waals surface area contributed by atoms with Crippen LogP contribution >= 0.6 is 11.8 Å². The van der Waals surface area contributed by atoms with Crippen LogP contribution < -0.4 is 5.32 Å². The Kier molecular flexibility index (Phi) is 4.68. The fourth-order valence-electron chi connectivity index (χ4n) is 3.49. The lowest BCUT2D eigenvalue weighted by Crippen LogP contribution is -2.08. The number of thioether (sulfide) groups is 1. The first-order valence-corrected chi connectivity index (χ1v) is 10.0. The highest BCUT2D eigenvalue weighted by Gasteiger charge is 2.23. The molecule has 0 fully saturated rings. The maximum Gasteiger partial charge on any atom is 0.133 e.